The molecule has 24 heavy (non-hydrogen) atoms. The maximum Gasteiger partial charge on any atom is 0.139 e. The van der Waals surface area contributed by atoms with Crippen molar-refractivity contribution in [3.05, 3.63) is 24.5 Å². The Kier molecular flexibility index (Phi) is 4.89. The molecular weight excluding hydrogens is 324 g/mol. The molecular formula is C17H24N4O2S. The van der Waals surface area contributed by atoms with Gasteiger partial charge in [-0.15, -0.1) is 0 Å². The van der Waals surface area contributed by atoms with Gasteiger partial charge in [-0.2, -0.15) is 0 Å². The first kappa shape index (κ1) is 17.0. The van der Waals surface area contributed by atoms with E-state index in [1.807, 2.05) is 18.3 Å². The van der Waals surface area contributed by atoms with Crippen molar-refractivity contribution in [2.24, 2.45) is 5.92 Å². The lowest BCUT2D eigenvalue weighted by Crippen LogP contribution is -2.34. The van der Waals surface area contributed by atoms with Crippen molar-refractivity contribution in [3.8, 4) is 5.75 Å². The molecule has 1 aliphatic rings. The van der Waals surface area contributed by atoms with E-state index in [9.17, 15) is 4.21 Å². The second kappa shape index (κ2) is 6.93. The van der Waals surface area contributed by atoms with E-state index >= 15 is 0 Å². The van der Waals surface area contributed by atoms with Crippen LogP contribution >= 0.6 is 0 Å². The first-order valence-corrected chi connectivity index (χ1v) is 10.3. The minimum absolute atomic E-state index is 0.511. The van der Waals surface area contributed by atoms with E-state index in [4.69, 9.17) is 9.52 Å². The van der Waals surface area contributed by atoms with E-state index in [1.165, 1.54) is 6.26 Å². The van der Waals surface area contributed by atoms with Gasteiger partial charge < -0.3 is 9.64 Å². The molecule has 1 atom stereocenters. The smallest absolute Gasteiger partial charge is 0.139 e. The van der Waals surface area contributed by atoms with Crippen LogP contribution in [0.1, 0.15) is 19.3 Å². The van der Waals surface area contributed by atoms with E-state index in [0.29, 0.717) is 17.4 Å². The quantitative estimate of drug-likeness (QED) is 0.899. The van der Waals surface area contributed by atoms with Crippen LogP contribution in [0, 0.1) is 10.7 Å². The summed E-state index contributed by atoms with van der Waals surface area (Å²) >= 11 is 0. The lowest BCUT2D eigenvalue weighted by Gasteiger charge is -2.34. The fourth-order valence-corrected chi connectivity index (χ4v) is 4.00. The third kappa shape index (κ3) is 3.95. The molecule has 1 saturated heterocycles. The first-order valence-electron chi connectivity index (χ1n) is 8.21. The Hall–Kier alpha value is -1.89. The third-order valence-corrected chi connectivity index (χ3v) is 5.65. The summed E-state index contributed by atoms with van der Waals surface area (Å²) in [5.74, 6) is 1.79. The highest BCUT2D eigenvalue weighted by Gasteiger charge is 2.21. The molecule has 0 saturated carbocycles. The van der Waals surface area contributed by atoms with Crippen LogP contribution < -0.4 is 9.64 Å². The number of hydrogen-bond donors (Lipinski definition) is 1. The van der Waals surface area contributed by atoms with Crippen molar-refractivity contribution < 1.29 is 8.95 Å². The normalized spacial score (nSPS) is 18.5. The molecule has 130 valence electrons. The standard InChI is InChI=1S/C17H24N4O2S/c1-23-14-11-15-17(20-12-14)16(3-7-19-15)21-8-4-13(5-9-21)6-10-24(2,18)22/h3,7,11-13,18H,4-6,8-10H2,1-2H3. The molecule has 6 nitrogen and oxygen atoms in total. The second-order valence-corrected chi connectivity index (χ2v) is 8.92. The summed E-state index contributed by atoms with van der Waals surface area (Å²) in [6.07, 6.45) is 8.10. The summed E-state index contributed by atoms with van der Waals surface area (Å²) in [6, 6.07) is 3.93. The number of piperidine rings is 1. The Morgan fingerprint density at radius 1 is 1.38 bits per heavy atom. The molecule has 2 aromatic rings. The Morgan fingerprint density at radius 2 is 2.12 bits per heavy atom. The molecule has 1 aliphatic heterocycles. The van der Waals surface area contributed by atoms with Crippen LogP contribution in [-0.2, 0) is 9.73 Å². The molecule has 3 rings (SSSR count). The summed E-state index contributed by atoms with van der Waals surface area (Å²) in [5.41, 5.74) is 2.86. The SMILES string of the molecule is COc1cnc2c(N3CCC(CCS(C)(=N)=O)CC3)ccnc2c1. The van der Waals surface area contributed by atoms with Crippen molar-refractivity contribution in [3.63, 3.8) is 0 Å². The highest BCUT2D eigenvalue weighted by molar-refractivity contribution is 7.91. The lowest BCUT2D eigenvalue weighted by atomic mass is 9.94. The average Bonchev–Trinajstić information content (AvgIpc) is 2.59. The maximum absolute atomic E-state index is 11.5. The van der Waals surface area contributed by atoms with E-state index < -0.39 is 9.73 Å². The molecule has 1 unspecified atom stereocenters. The van der Waals surface area contributed by atoms with Gasteiger partial charge in [-0.1, -0.05) is 0 Å². The van der Waals surface area contributed by atoms with Crippen LogP contribution in [0.15, 0.2) is 24.5 Å². The van der Waals surface area contributed by atoms with Crippen LogP contribution in [0.3, 0.4) is 0 Å². The molecule has 3 heterocycles. The van der Waals surface area contributed by atoms with Crippen LogP contribution in [0.25, 0.3) is 11.0 Å². The minimum Gasteiger partial charge on any atom is -0.495 e. The van der Waals surface area contributed by atoms with Crippen LogP contribution in [0.5, 0.6) is 5.75 Å². The van der Waals surface area contributed by atoms with Crippen LogP contribution in [0.4, 0.5) is 5.69 Å². The third-order valence-electron chi connectivity index (χ3n) is 4.64. The fraction of sp³-hybridized carbons (Fsp3) is 0.529. The van der Waals surface area contributed by atoms with Gasteiger partial charge >= 0.3 is 0 Å². The predicted octanol–water partition coefficient (Wildman–Crippen LogP) is 2.92. The van der Waals surface area contributed by atoms with Gasteiger partial charge in [-0.05, 0) is 31.2 Å². The lowest BCUT2D eigenvalue weighted by molar-refractivity contribution is 0.396. The molecule has 0 aromatic carbocycles. The number of ether oxygens (including phenoxy) is 1. The van der Waals surface area contributed by atoms with E-state index in [-0.39, 0.29) is 0 Å². The largest absolute Gasteiger partial charge is 0.495 e. The van der Waals surface area contributed by atoms with Gasteiger partial charge in [0, 0.05) is 47.1 Å². The van der Waals surface area contributed by atoms with Gasteiger partial charge in [0.1, 0.15) is 11.3 Å². The maximum atomic E-state index is 11.5. The van der Waals surface area contributed by atoms with Crippen LogP contribution in [0.2, 0.25) is 0 Å². The van der Waals surface area contributed by atoms with Crippen molar-refractivity contribution in [1.29, 1.82) is 4.78 Å². The van der Waals surface area contributed by atoms with Gasteiger partial charge in [-0.3, -0.25) is 14.0 Å². The highest BCUT2D eigenvalue weighted by Crippen LogP contribution is 2.30. The van der Waals surface area contributed by atoms with Crippen molar-refractivity contribution >= 4 is 26.4 Å². The van der Waals surface area contributed by atoms with Crippen LogP contribution in [-0.4, -0.2) is 46.4 Å². The number of pyridine rings is 2. The predicted molar refractivity (Wildman–Crippen MR) is 97.3 cm³/mol. The summed E-state index contributed by atoms with van der Waals surface area (Å²) in [4.78, 5) is 11.3. The molecule has 0 bridgehead atoms. The molecule has 0 aliphatic carbocycles. The average molecular weight is 348 g/mol. The Balaban J connectivity index is 1.71. The Labute approximate surface area is 143 Å². The molecule has 2 aromatic heterocycles. The number of rotatable bonds is 5. The highest BCUT2D eigenvalue weighted by atomic mass is 32.2. The fourth-order valence-electron chi connectivity index (χ4n) is 3.22. The number of nitrogens with one attached hydrogen (secondary N) is 1. The number of nitrogens with zero attached hydrogens (tertiary/aromatic N) is 3. The summed E-state index contributed by atoms with van der Waals surface area (Å²) in [6.45, 7) is 1.92. The van der Waals surface area contributed by atoms with E-state index in [0.717, 1.165) is 49.1 Å². The zero-order valence-corrected chi connectivity index (χ0v) is 15.0. The minimum atomic E-state index is -2.37. The Morgan fingerprint density at radius 3 is 2.79 bits per heavy atom. The van der Waals surface area contributed by atoms with Crippen molar-refractivity contribution in [1.82, 2.24) is 9.97 Å². The summed E-state index contributed by atoms with van der Waals surface area (Å²) in [5, 5.41) is 0. The molecule has 7 heteroatoms. The molecule has 0 amide bonds. The van der Waals surface area contributed by atoms with Crippen molar-refractivity contribution in [2.45, 2.75) is 19.3 Å². The topological polar surface area (TPSA) is 79.2 Å². The van der Waals surface area contributed by atoms with Gasteiger partial charge in [0.25, 0.3) is 0 Å². The van der Waals surface area contributed by atoms with Crippen molar-refractivity contribution in [2.75, 3.05) is 37.1 Å². The first-order chi connectivity index (χ1) is 11.5. The number of hydrogen-bond acceptors (Lipinski definition) is 6. The number of anilines is 1. The van der Waals surface area contributed by atoms with Gasteiger partial charge in [0.2, 0.25) is 0 Å². The van der Waals surface area contributed by atoms with Gasteiger partial charge in [-0.25, -0.2) is 4.98 Å². The van der Waals surface area contributed by atoms with Gasteiger partial charge in [0.15, 0.2) is 0 Å². The molecule has 1 N–H and O–H groups in total. The van der Waals surface area contributed by atoms with E-state index in [2.05, 4.69) is 14.9 Å². The molecule has 1 fully saturated rings. The zero-order valence-electron chi connectivity index (χ0n) is 14.2. The second-order valence-electron chi connectivity index (χ2n) is 6.50. The zero-order chi connectivity index (χ0) is 17.2. The Bertz CT molecular complexity index is 814. The number of fused-ring (bicyclic) bond motifs is 1. The number of methoxy groups -OCH3 is 1. The molecule has 0 radical (unpaired) electrons. The number of aromatic nitrogens is 2. The summed E-state index contributed by atoms with van der Waals surface area (Å²) in [7, 11) is -0.740. The monoisotopic (exact) mass is 348 g/mol. The summed E-state index contributed by atoms with van der Waals surface area (Å²) < 4.78 is 24.3. The van der Waals surface area contributed by atoms with Gasteiger partial charge in [0.05, 0.1) is 24.5 Å². The van der Waals surface area contributed by atoms with E-state index in [1.54, 1.807) is 13.3 Å². The molecule has 0 spiro atoms.